The van der Waals surface area contributed by atoms with Gasteiger partial charge in [0, 0.05) is 56.3 Å². The maximum Gasteiger partial charge on any atom is 0.122 e. The zero-order valence-electron chi connectivity index (χ0n) is 48.3. The SMILES string of the molecule is CC(C)(c1ccc(OCC(O)COc2ccc(C(C)(C)c3ccc(OCC4CO4)cc3)cc2)cc1)c1ccc(OCC2CO2)cc1.COc1ccc(N(c2ccc(N)cc2)c2ccc(N(c3ccc(N)cc3)c3ccc(CO)cc3)cc2)cc1. The fourth-order valence-corrected chi connectivity index (χ4v) is 9.72. The molecule has 2 aliphatic rings. The first kappa shape index (κ1) is 58.2. The van der Waals surface area contributed by atoms with E-state index in [0.29, 0.717) is 36.1 Å². The summed E-state index contributed by atoms with van der Waals surface area (Å²) in [6.07, 6.45) is -0.289. The van der Waals surface area contributed by atoms with Gasteiger partial charge >= 0.3 is 0 Å². The number of ether oxygens (including phenoxy) is 7. The topological polar surface area (TPSA) is 170 Å². The lowest BCUT2D eigenvalue weighted by Crippen LogP contribution is -2.25. The lowest BCUT2D eigenvalue weighted by Gasteiger charge is -2.28. The van der Waals surface area contributed by atoms with Crippen LogP contribution in [-0.2, 0) is 26.9 Å². The van der Waals surface area contributed by atoms with E-state index >= 15 is 0 Å². The lowest BCUT2D eigenvalue weighted by atomic mass is 9.78. The van der Waals surface area contributed by atoms with Crippen molar-refractivity contribution in [2.75, 3.05) is 68.0 Å². The van der Waals surface area contributed by atoms with Crippen LogP contribution < -0.4 is 45.0 Å². The van der Waals surface area contributed by atoms with Crippen LogP contribution in [0.15, 0.2) is 218 Å². The number of nitrogens with two attached hydrogens (primary N) is 2. The van der Waals surface area contributed by atoms with E-state index in [1.54, 1.807) is 7.11 Å². The molecule has 0 amide bonds. The Morgan fingerprint density at radius 1 is 0.417 bits per heavy atom. The summed E-state index contributed by atoms with van der Waals surface area (Å²) in [5, 5.41) is 20.0. The Balaban J connectivity index is 0.000000191. The second-order valence-electron chi connectivity index (χ2n) is 22.0. The fraction of sp³-hybridized carbons (Fsp3) is 0.239. The number of benzene rings is 9. The van der Waals surface area contributed by atoms with Crippen molar-refractivity contribution in [1.82, 2.24) is 0 Å². The van der Waals surface area contributed by atoms with Crippen molar-refractivity contribution < 1.29 is 43.4 Å². The van der Waals surface area contributed by atoms with E-state index < -0.39 is 6.10 Å². The van der Waals surface area contributed by atoms with Crippen LogP contribution in [0.2, 0.25) is 0 Å². The number of hydrogen-bond donors (Lipinski definition) is 4. The third-order valence-electron chi connectivity index (χ3n) is 15.2. The van der Waals surface area contributed by atoms with E-state index in [9.17, 15) is 10.2 Å². The number of methoxy groups -OCH3 is 1. The molecule has 11 rings (SSSR count). The van der Waals surface area contributed by atoms with Crippen molar-refractivity contribution in [2.45, 2.75) is 63.4 Å². The van der Waals surface area contributed by atoms with Gasteiger partial charge in [-0.2, -0.15) is 0 Å². The number of hydrogen-bond acceptors (Lipinski definition) is 13. The minimum atomic E-state index is -0.772. The highest BCUT2D eigenvalue weighted by Crippen LogP contribution is 2.41. The molecule has 2 fully saturated rings. The molecule has 0 aromatic heterocycles. The van der Waals surface area contributed by atoms with Crippen LogP contribution in [0.5, 0.6) is 28.7 Å². The molecule has 6 N–H and O–H groups in total. The molecule has 0 spiro atoms. The highest BCUT2D eigenvalue weighted by molar-refractivity contribution is 5.82. The largest absolute Gasteiger partial charge is 0.497 e. The molecule has 13 nitrogen and oxygen atoms in total. The second-order valence-corrected chi connectivity index (χ2v) is 22.0. The van der Waals surface area contributed by atoms with Crippen molar-refractivity contribution in [3.63, 3.8) is 0 Å². The molecule has 432 valence electrons. The summed E-state index contributed by atoms with van der Waals surface area (Å²) in [5.74, 6) is 3.91. The van der Waals surface area contributed by atoms with E-state index in [4.69, 9.17) is 44.6 Å². The minimum absolute atomic E-state index is 0.00315. The van der Waals surface area contributed by atoms with Crippen molar-refractivity contribution in [2.24, 2.45) is 0 Å². The lowest BCUT2D eigenvalue weighted by molar-refractivity contribution is 0.0626. The molecule has 9 aromatic rings. The van der Waals surface area contributed by atoms with Crippen molar-refractivity contribution in [1.29, 1.82) is 0 Å². The summed E-state index contributed by atoms with van der Waals surface area (Å²) in [4.78, 5) is 4.33. The van der Waals surface area contributed by atoms with Gasteiger partial charge in [0.05, 0.1) is 26.9 Å². The molecule has 2 unspecified atom stereocenters. The molecule has 2 saturated heterocycles. The highest BCUT2D eigenvalue weighted by atomic mass is 16.6. The summed E-state index contributed by atoms with van der Waals surface area (Å²) in [6.45, 7) is 11.8. The van der Waals surface area contributed by atoms with Crippen LogP contribution in [0.3, 0.4) is 0 Å². The standard InChI is InChI=1S/C39H44O7.C32H30N4O2/c1-38(2,29-9-17-34(18-10-29)43-23-36-25-45-36)27-5-13-32(14-6-27)41-21-31(40)22-42-33-15-7-28(8-16-33)39(3,4)30-11-19-35(20-12-30)44-24-37-26-46-37;1-38-32-20-18-31(19-21-32)36(28-12-6-25(34)7-13-28)30-16-14-29(15-17-30)35(27-10-4-24(33)5-11-27)26-8-2-23(22-37)3-9-26/h5-20,31,36-37,40H,21-26H2,1-4H3;2-21,37H,22,33-34H2,1H3. The van der Waals surface area contributed by atoms with Gasteiger partial charge in [0.15, 0.2) is 0 Å². The summed E-state index contributed by atoms with van der Waals surface area (Å²) in [6, 6.07) is 72.4. The van der Waals surface area contributed by atoms with Gasteiger partial charge in [-0.05, 0) is 186 Å². The summed E-state index contributed by atoms with van der Waals surface area (Å²) in [5.41, 5.74) is 24.5. The second kappa shape index (κ2) is 26.5. The third-order valence-corrected chi connectivity index (χ3v) is 15.2. The third kappa shape index (κ3) is 15.0. The van der Waals surface area contributed by atoms with E-state index in [2.05, 4.69) is 110 Å². The van der Waals surface area contributed by atoms with Gasteiger partial charge in [-0.15, -0.1) is 0 Å². The van der Waals surface area contributed by atoms with Crippen LogP contribution in [0.1, 0.15) is 55.5 Å². The van der Waals surface area contributed by atoms with Gasteiger partial charge in [-0.3, -0.25) is 0 Å². The number of nitrogen functional groups attached to an aromatic ring is 2. The molecule has 9 aromatic carbocycles. The first-order valence-corrected chi connectivity index (χ1v) is 28.3. The molecule has 13 heteroatoms. The van der Waals surface area contributed by atoms with Crippen molar-refractivity contribution in [3.8, 4) is 28.7 Å². The number of aliphatic hydroxyl groups is 2. The molecule has 0 saturated carbocycles. The average Bonchev–Trinajstić information content (AvgIpc) is 4.63. The van der Waals surface area contributed by atoms with Crippen molar-refractivity contribution in [3.05, 3.63) is 246 Å². The maximum atomic E-state index is 10.5. The molecule has 0 radical (unpaired) electrons. The van der Waals surface area contributed by atoms with Crippen LogP contribution in [0.25, 0.3) is 0 Å². The summed E-state index contributed by atoms with van der Waals surface area (Å²) >= 11 is 0. The van der Waals surface area contributed by atoms with E-state index in [0.717, 1.165) is 70.2 Å². The van der Waals surface area contributed by atoms with Crippen LogP contribution in [-0.4, -0.2) is 75.3 Å². The minimum Gasteiger partial charge on any atom is -0.497 e. The Morgan fingerprint density at radius 3 is 0.964 bits per heavy atom. The van der Waals surface area contributed by atoms with Gasteiger partial charge in [0.1, 0.15) is 73.5 Å². The van der Waals surface area contributed by atoms with Crippen LogP contribution >= 0.6 is 0 Å². The number of rotatable bonds is 24. The van der Waals surface area contributed by atoms with Crippen LogP contribution in [0, 0.1) is 0 Å². The smallest absolute Gasteiger partial charge is 0.122 e. The molecular weight excluding hydrogens is 1050 g/mol. The molecule has 2 aliphatic heterocycles. The number of nitrogens with zero attached hydrogens (tertiary/aromatic N) is 2. The summed E-state index contributed by atoms with van der Waals surface area (Å²) < 4.78 is 39.1. The molecule has 2 heterocycles. The monoisotopic (exact) mass is 1130 g/mol. The molecule has 84 heavy (non-hydrogen) atoms. The molecule has 2 atom stereocenters. The predicted molar refractivity (Wildman–Crippen MR) is 335 cm³/mol. The predicted octanol–water partition coefficient (Wildman–Crippen LogP) is 14.0. The first-order chi connectivity index (χ1) is 40.7. The number of aliphatic hydroxyl groups excluding tert-OH is 2. The van der Waals surface area contributed by atoms with Gasteiger partial charge in [0.2, 0.25) is 0 Å². The van der Waals surface area contributed by atoms with Gasteiger partial charge < -0.3 is 64.6 Å². The Bertz CT molecular complexity index is 3250. The Kier molecular flexibility index (Phi) is 18.4. The van der Waals surface area contributed by atoms with Gasteiger partial charge in [-0.1, -0.05) is 88.4 Å². The highest BCUT2D eigenvalue weighted by Gasteiger charge is 2.27. The number of anilines is 8. The Morgan fingerprint density at radius 2 is 0.679 bits per heavy atom. The van der Waals surface area contributed by atoms with Gasteiger partial charge in [0.25, 0.3) is 0 Å². The normalized spacial score (nSPS) is 14.7. The Labute approximate surface area is 493 Å². The van der Waals surface area contributed by atoms with E-state index in [1.807, 2.05) is 146 Å². The zero-order valence-corrected chi connectivity index (χ0v) is 48.3. The maximum absolute atomic E-state index is 10.5. The molecular formula is C71H74N4O9. The Hall–Kier alpha value is -8.98. The summed E-state index contributed by atoms with van der Waals surface area (Å²) in [7, 11) is 1.66. The zero-order chi connectivity index (χ0) is 58.6. The average molecular weight is 1130 g/mol. The van der Waals surface area contributed by atoms with E-state index in [1.165, 1.54) is 22.3 Å². The number of epoxide rings is 2. The fourth-order valence-electron chi connectivity index (χ4n) is 9.72. The molecule has 0 bridgehead atoms. The van der Waals surface area contributed by atoms with Gasteiger partial charge in [-0.25, -0.2) is 0 Å². The molecule has 0 aliphatic carbocycles. The van der Waals surface area contributed by atoms with Crippen LogP contribution in [0.4, 0.5) is 45.5 Å². The first-order valence-electron chi connectivity index (χ1n) is 28.3. The quantitative estimate of drug-likeness (QED) is 0.0333. The van der Waals surface area contributed by atoms with E-state index in [-0.39, 0.29) is 42.9 Å². The van der Waals surface area contributed by atoms with Crippen molar-refractivity contribution >= 4 is 45.5 Å².